The molecule has 2 aliphatic rings. The van der Waals surface area contributed by atoms with Crippen molar-refractivity contribution in [3.8, 4) is 0 Å². The van der Waals surface area contributed by atoms with E-state index in [1.54, 1.807) is 0 Å². The number of nitrogens with one attached hydrogen (secondary N) is 2. The van der Waals surface area contributed by atoms with Crippen molar-refractivity contribution in [2.75, 3.05) is 72.1 Å². The third-order valence-electron chi connectivity index (χ3n) is 5.81. The minimum absolute atomic E-state index is 0.204. The fraction of sp³-hybridized carbons (Fsp3) is 1.00. The Morgan fingerprint density at radius 2 is 1.33 bits per heavy atom. The zero-order valence-electron chi connectivity index (χ0n) is 21.2. The smallest absolute Gasteiger partial charge is 0.373 e. The van der Waals surface area contributed by atoms with E-state index in [1.165, 1.54) is 0 Å². The van der Waals surface area contributed by atoms with Crippen LogP contribution in [-0.2, 0) is 26.6 Å². The number of likely N-dealkylation sites (N-methyl/N-ethyl adjacent to an activating group) is 1. The summed E-state index contributed by atoms with van der Waals surface area (Å²) < 4.78 is 37.5. The van der Waals surface area contributed by atoms with E-state index < -0.39 is 17.6 Å². The van der Waals surface area contributed by atoms with Gasteiger partial charge in [-0.05, 0) is 38.6 Å². The van der Waals surface area contributed by atoms with Gasteiger partial charge in [-0.1, -0.05) is 20.8 Å². The Morgan fingerprint density at radius 1 is 0.818 bits per heavy atom. The molecule has 0 aromatic carbocycles. The monoisotopic (exact) mass is 524 g/mol. The third kappa shape index (κ3) is 11.4. The molecule has 2 saturated heterocycles. The zero-order valence-corrected chi connectivity index (χ0v) is 24.1. The molecule has 2 N–H and O–H groups in total. The van der Waals surface area contributed by atoms with Crippen molar-refractivity contribution in [1.82, 2.24) is 10.6 Å². The van der Waals surface area contributed by atoms with Crippen molar-refractivity contribution < 1.29 is 26.6 Å². The highest BCUT2D eigenvalue weighted by Gasteiger charge is 2.46. The molecule has 0 radical (unpaired) electrons. The molecule has 1 atom stereocenters. The Bertz CT molecular complexity index is 509. The number of hydrogen-bond donors (Lipinski definition) is 3. The van der Waals surface area contributed by atoms with Crippen LogP contribution in [0, 0.1) is 17.8 Å². The van der Waals surface area contributed by atoms with Gasteiger partial charge < -0.3 is 37.2 Å². The Kier molecular flexibility index (Phi) is 14.6. The topological polar surface area (TPSA) is 79.4 Å². The van der Waals surface area contributed by atoms with Crippen molar-refractivity contribution in [3.63, 3.8) is 0 Å². The highest BCUT2D eigenvalue weighted by molar-refractivity contribution is 7.80. The number of thiol groups is 1. The van der Waals surface area contributed by atoms with E-state index in [4.69, 9.17) is 26.6 Å². The van der Waals surface area contributed by atoms with E-state index in [0.717, 1.165) is 70.0 Å². The number of rotatable bonds is 17. The summed E-state index contributed by atoms with van der Waals surface area (Å²) in [5, 5.41) is 6.60. The summed E-state index contributed by atoms with van der Waals surface area (Å²) in [6, 6.07) is 1.70. The lowest BCUT2D eigenvalue weighted by Gasteiger charge is -2.38. The summed E-state index contributed by atoms with van der Waals surface area (Å²) in [7, 11) is -3.30. The molecule has 0 bridgehead atoms. The van der Waals surface area contributed by atoms with Gasteiger partial charge in [0.15, 0.2) is 0 Å². The summed E-state index contributed by atoms with van der Waals surface area (Å²) >= 11 is 4.33. The fourth-order valence-corrected chi connectivity index (χ4v) is 9.78. The van der Waals surface area contributed by atoms with Crippen LogP contribution in [0.5, 0.6) is 0 Å². The van der Waals surface area contributed by atoms with E-state index in [-0.39, 0.29) is 5.92 Å². The van der Waals surface area contributed by atoms with Gasteiger partial charge in [-0.3, -0.25) is 0 Å². The van der Waals surface area contributed by atoms with Crippen LogP contribution in [0.15, 0.2) is 0 Å². The Morgan fingerprint density at radius 3 is 1.82 bits per heavy atom. The van der Waals surface area contributed by atoms with Gasteiger partial charge in [0.2, 0.25) is 0 Å². The van der Waals surface area contributed by atoms with Gasteiger partial charge in [0, 0.05) is 82.6 Å². The standard InChI is InChI=1S/C22H48N2O6SSi2/c1-20-14-25-32(26-15-20,12-6-5-11-31)27-16-21(2)17-28-33(29-18-22(3)19-30-33)13-7-8-24-10-9-23-4/h20-24,31H,5-19H2,1-4H3. The van der Waals surface area contributed by atoms with Crippen molar-refractivity contribution >= 4 is 30.2 Å². The Labute approximate surface area is 209 Å². The number of hydrogen-bond acceptors (Lipinski definition) is 9. The van der Waals surface area contributed by atoms with Crippen LogP contribution in [0.3, 0.4) is 0 Å². The average Bonchev–Trinajstić information content (AvgIpc) is 2.82. The van der Waals surface area contributed by atoms with Gasteiger partial charge in [-0.15, -0.1) is 0 Å². The molecule has 0 amide bonds. The van der Waals surface area contributed by atoms with Gasteiger partial charge >= 0.3 is 17.6 Å². The minimum atomic E-state index is -2.65. The normalized spacial score (nSPS) is 31.5. The fourth-order valence-electron chi connectivity index (χ4n) is 3.66. The molecule has 0 spiro atoms. The van der Waals surface area contributed by atoms with Crippen LogP contribution in [0.4, 0.5) is 0 Å². The first-order valence-electron chi connectivity index (χ1n) is 12.7. The molecular formula is C22H48N2O6SSi2. The second-order valence-corrected chi connectivity index (χ2v) is 15.6. The lowest BCUT2D eigenvalue weighted by atomic mass is 10.2. The zero-order chi connectivity index (χ0) is 24.0. The van der Waals surface area contributed by atoms with Crippen LogP contribution < -0.4 is 10.6 Å². The molecular weight excluding hydrogens is 476 g/mol. The van der Waals surface area contributed by atoms with Gasteiger partial charge in [-0.2, -0.15) is 12.6 Å². The molecule has 0 aromatic heterocycles. The van der Waals surface area contributed by atoms with Gasteiger partial charge in [0.1, 0.15) is 0 Å². The molecule has 0 aromatic rings. The Balaban J connectivity index is 1.80. The first-order chi connectivity index (χ1) is 15.9. The molecule has 0 saturated carbocycles. The first kappa shape index (κ1) is 29.7. The maximum Gasteiger partial charge on any atom is 0.501 e. The minimum Gasteiger partial charge on any atom is -0.373 e. The molecule has 2 fully saturated rings. The van der Waals surface area contributed by atoms with Gasteiger partial charge in [-0.25, -0.2) is 0 Å². The second kappa shape index (κ2) is 16.3. The third-order valence-corrected chi connectivity index (χ3v) is 11.7. The lowest BCUT2D eigenvalue weighted by Crippen LogP contribution is -2.53. The van der Waals surface area contributed by atoms with Crippen LogP contribution in [0.25, 0.3) is 0 Å². The molecule has 1 unspecified atom stereocenters. The summed E-state index contributed by atoms with van der Waals surface area (Å²) in [6.45, 7) is 13.3. The summed E-state index contributed by atoms with van der Waals surface area (Å²) in [5.41, 5.74) is 0. The molecule has 0 aliphatic carbocycles. The largest absolute Gasteiger partial charge is 0.501 e. The maximum atomic E-state index is 6.39. The van der Waals surface area contributed by atoms with Crippen molar-refractivity contribution in [2.45, 2.75) is 52.1 Å². The number of unbranched alkanes of at least 4 members (excludes halogenated alkanes) is 1. The highest BCUT2D eigenvalue weighted by Crippen LogP contribution is 2.27. The van der Waals surface area contributed by atoms with E-state index in [2.05, 4.69) is 44.0 Å². The van der Waals surface area contributed by atoms with Gasteiger partial charge in [0.25, 0.3) is 0 Å². The van der Waals surface area contributed by atoms with Crippen molar-refractivity contribution in [3.05, 3.63) is 0 Å². The Hall–Kier alpha value is 0.464. The molecule has 2 heterocycles. The summed E-state index contributed by atoms with van der Waals surface area (Å²) in [6.07, 6.45) is 3.05. The van der Waals surface area contributed by atoms with E-state index in [0.29, 0.717) is 38.3 Å². The lowest BCUT2D eigenvalue weighted by molar-refractivity contribution is -0.0268. The SMILES string of the molecule is CNCCNCCC[Si]1(OCC(C)CO[Si]2(CCCCS)OCC(C)CO2)OCC(C)CO1. The molecule has 2 rings (SSSR count). The summed E-state index contributed by atoms with van der Waals surface area (Å²) in [5.74, 6) is 1.91. The van der Waals surface area contributed by atoms with E-state index in [9.17, 15) is 0 Å². The molecule has 8 nitrogen and oxygen atoms in total. The predicted molar refractivity (Wildman–Crippen MR) is 139 cm³/mol. The first-order valence-corrected chi connectivity index (χ1v) is 17.2. The summed E-state index contributed by atoms with van der Waals surface area (Å²) in [4.78, 5) is 0. The quantitative estimate of drug-likeness (QED) is 0.152. The van der Waals surface area contributed by atoms with Crippen LogP contribution in [0.2, 0.25) is 12.1 Å². The van der Waals surface area contributed by atoms with Crippen LogP contribution in [-0.4, -0.2) is 89.7 Å². The molecule has 33 heavy (non-hydrogen) atoms. The van der Waals surface area contributed by atoms with Crippen molar-refractivity contribution in [2.24, 2.45) is 17.8 Å². The molecule has 2 aliphatic heterocycles. The van der Waals surface area contributed by atoms with E-state index >= 15 is 0 Å². The molecule has 11 heteroatoms. The van der Waals surface area contributed by atoms with Gasteiger partial charge in [0.05, 0.1) is 0 Å². The van der Waals surface area contributed by atoms with Crippen molar-refractivity contribution in [1.29, 1.82) is 0 Å². The second-order valence-electron chi connectivity index (χ2n) is 9.69. The molecule has 196 valence electrons. The van der Waals surface area contributed by atoms with Crippen LogP contribution in [0.1, 0.15) is 40.0 Å². The van der Waals surface area contributed by atoms with E-state index in [1.807, 2.05) is 7.05 Å². The highest BCUT2D eigenvalue weighted by atomic mass is 32.1. The predicted octanol–water partition coefficient (Wildman–Crippen LogP) is 2.81. The average molecular weight is 525 g/mol. The maximum absolute atomic E-state index is 6.39. The van der Waals surface area contributed by atoms with Crippen LogP contribution >= 0.6 is 12.6 Å².